The van der Waals surface area contributed by atoms with E-state index in [1.54, 1.807) is 11.3 Å². The van der Waals surface area contributed by atoms with Crippen LogP contribution in [0.15, 0.2) is 17.6 Å². The zero-order chi connectivity index (χ0) is 17.5. The van der Waals surface area contributed by atoms with E-state index in [9.17, 15) is 4.79 Å². The number of fused-ring (bicyclic) bond motifs is 4. The number of hydrogen-bond acceptors (Lipinski definition) is 6. The van der Waals surface area contributed by atoms with Crippen molar-refractivity contribution >= 4 is 44.8 Å². The highest BCUT2D eigenvalue weighted by Gasteiger charge is 2.35. The summed E-state index contributed by atoms with van der Waals surface area (Å²) in [7, 11) is 0. The van der Waals surface area contributed by atoms with E-state index >= 15 is 0 Å². The second-order valence-electron chi connectivity index (χ2n) is 7.50. The molecule has 138 valence electrons. The summed E-state index contributed by atoms with van der Waals surface area (Å²) in [6.07, 6.45) is 4.28. The first-order valence-electron chi connectivity index (χ1n) is 9.51. The van der Waals surface area contributed by atoms with Crippen LogP contribution < -0.4 is 10.2 Å². The first-order valence-corrected chi connectivity index (χ1v) is 11.5. The van der Waals surface area contributed by atoms with Crippen LogP contribution in [0.2, 0.25) is 0 Å². The third kappa shape index (κ3) is 3.10. The number of thiophene rings is 1. The zero-order valence-corrected chi connectivity index (χ0v) is 16.5. The van der Waals surface area contributed by atoms with Gasteiger partial charge in [0, 0.05) is 54.1 Å². The van der Waals surface area contributed by atoms with E-state index in [0.717, 1.165) is 24.3 Å². The van der Waals surface area contributed by atoms with E-state index in [1.165, 1.54) is 48.5 Å². The van der Waals surface area contributed by atoms with Crippen LogP contribution in [0.3, 0.4) is 0 Å². The number of hydrogen-bond donors (Lipinski definition) is 1. The Morgan fingerprint density at radius 2 is 2.00 bits per heavy atom. The van der Waals surface area contributed by atoms with Gasteiger partial charge in [0.2, 0.25) is 0 Å². The molecule has 0 radical (unpaired) electrons. The second-order valence-corrected chi connectivity index (χ2v) is 9.64. The van der Waals surface area contributed by atoms with Crippen LogP contribution in [0, 0.1) is 5.92 Å². The molecule has 4 fully saturated rings. The minimum atomic E-state index is -0.0167. The molecule has 2 bridgehead atoms. The Morgan fingerprint density at radius 3 is 2.73 bits per heavy atom. The van der Waals surface area contributed by atoms with Gasteiger partial charge >= 0.3 is 0 Å². The van der Waals surface area contributed by atoms with E-state index < -0.39 is 0 Å². The monoisotopic (exact) mass is 388 g/mol. The van der Waals surface area contributed by atoms with Crippen LogP contribution in [0.5, 0.6) is 0 Å². The maximum Gasteiger partial charge on any atom is 0.270 e. The van der Waals surface area contributed by atoms with Gasteiger partial charge in [0.1, 0.15) is 5.69 Å². The lowest BCUT2D eigenvalue weighted by Crippen LogP contribution is -2.57. The fraction of sp³-hybridized carbons (Fsp3) is 0.579. The number of anilines is 1. The fourth-order valence-corrected chi connectivity index (χ4v) is 6.29. The molecule has 4 aliphatic rings. The van der Waals surface area contributed by atoms with Crippen LogP contribution in [-0.4, -0.2) is 66.1 Å². The molecule has 6 heterocycles. The number of nitrogens with one attached hydrogen (secondary N) is 1. The number of nitrogens with zero attached hydrogens (tertiary/aromatic N) is 3. The third-order valence-electron chi connectivity index (χ3n) is 6.00. The third-order valence-corrected chi connectivity index (χ3v) is 7.86. The molecule has 0 aromatic carbocycles. The van der Waals surface area contributed by atoms with Gasteiger partial charge in [-0.15, -0.1) is 11.3 Å². The summed E-state index contributed by atoms with van der Waals surface area (Å²) in [5.41, 5.74) is 1.82. The highest BCUT2D eigenvalue weighted by molar-refractivity contribution is 7.99. The molecule has 0 saturated carbocycles. The molecule has 0 unspecified atom stereocenters. The van der Waals surface area contributed by atoms with Gasteiger partial charge in [0.15, 0.2) is 0 Å². The van der Waals surface area contributed by atoms with Gasteiger partial charge in [-0.25, -0.2) is 4.98 Å². The van der Waals surface area contributed by atoms with Crippen molar-refractivity contribution in [3.05, 3.63) is 23.3 Å². The summed E-state index contributed by atoms with van der Waals surface area (Å²) >= 11 is 3.74. The Labute approximate surface area is 162 Å². The maximum absolute atomic E-state index is 12.8. The Bertz CT molecular complexity index is 809. The zero-order valence-electron chi connectivity index (χ0n) is 14.8. The van der Waals surface area contributed by atoms with E-state index in [0.29, 0.717) is 11.6 Å². The molecule has 6 rings (SSSR count). The van der Waals surface area contributed by atoms with Gasteiger partial charge in [0.05, 0.1) is 10.4 Å². The molecule has 2 aromatic heterocycles. The first kappa shape index (κ1) is 16.8. The predicted octanol–water partition coefficient (Wildman–Crippen LogP) is 2.67. The number of amides is 1. The number of aromatic nitrogens is 1. The largest absolute Gasteiger partial charge is 0.369 e. The molecule has 1 atom stereocenters. The van der Waals surface area contributed by atoms with Gasteiger partial charge in [-0.1, -0.05) is 0 Å². The first-order chi connectivity index (χ1) is 12.8. The quantitative estimate of drug-likeness (QED) is 0.876. The van der Waals surface area contributed by atoms with Crippen LogP contribution in [-0.2, 0) is 0 Å². The molecular weight excluding hydrogens is 364 g/mol. The lowest BCUT2D eigenvalue weighted by Gasteiger charge is -2.44. The van der Waals surface area contributed by atoms with Crippen LogP contribution in [0.25, 0.3) is 10.1 Å². The van der Waals surface area contributed by atoms with Gasteiger partial charge in [0.25, 0.3) is 5.91 Å². The van der Waals surface area contributed by atoms with Crippen LogP contribution >= 0.6 is 23.1 Å². The number of carbonyl (C=O) groups excluding carboxylic acids is 1. The van der Waals surface area contributed by atoms with Crippen molar-refractivity contribution in [2.24, 2.45) is 5.92 Å². The molecule has 1 N–H and O–H groups in total. The molecule has 0 aliphatic carbocycles. The van der Waals surface area contributed by atoms with Crippen LogP contribution in [0.1, 0.15) is 23.3 Å². The van der Waals surface area contributed by atoms with Crippen molar-refractivity contribution in [2.45, 2.75) is 18.9 Å². The lowest BCUT2D eigenvalue weighted by molar-refractivity contribution is 0.0618. The van der Waals surface area contributed by atoms with E-state index in [1.807, 2.05) is 24.0 Å². The lowest BCUT2D eigenvalue weighted by atomic mass is 9.84. The van der Waals surface area contributed by atoms with Crippen molar-refractivity contribution in [1.29, 1.82) is 0 Å². The predicted molar refractivity (Wildman–Crippen MR) is 110 cm³/mol. The Morgan fingerprint density at radius 1 is 1.19 bits per heavy atom. The molecule has 7 heteroatoms. The molecule has 1 amide bonds. The summed E-state index contributed by atoms with van der Waals surface area (Å²) in [4.78, 5) is 22.2. The van der Waals surface area contributed by atoms with Crippen molar-refractivity contribution in [1.82, 2.24) is 15.2 Å². The average molecular weight is 389 g/mol. The van der Waals surface area contributed by atoms with Crippen molar-refractivity contribution in [3.8, 4) is 0 Å². The van der Waals surface area contributed by atoms with Crippen molar-refractivity contribution in [3.63, 3.8) is 0 Å². The molecule has 5 nitrogen and oxygen atoms in total. The second kappa shape index (κ2) is 7.02. The number of pyridine rings is 1. The van der Waals surface area contributed by atoms with Crippen LogP contribution in [0.4, 0.5) is 5.69 Å². The van der Waals surface area contributed by atoms with E-state index in [2.05, 4.69) is 25.5 Å². The van der Waals surface area contributed by atoms with E-state index in [-0.39, 0.29) is 11.9 Å². The highest BCUT2D eigenvalue weighted by Crippen LogP contribution is 2.34. The summed E-state index contributed by atoms with van der Waals surface area (Å²) in [6, 6.07) is 2.28. The molecule has 4 aliphatic heterocycles. The average Bonchev–Trinajstić information content (AvgIpc) is 3.13. The highest BCUT2D eigenvalue weighted by atomic mass is 32.2. The molecule has 2 aromatic rings. The number of rotatable bonds is 3. The molecular formula is C19H24N4OS2. The van der Waals surface area contributed by atoms with Crippen molar-refractivity contribution in [2.75, 3.05) is 49.1 Å². The number of thioether (sulfide) groups is 1. The fourth-order valence-electron chi connectivity index (χ4n) is 4.46. The standard InChI is InChI=1S/C19H24N4OS2/c24-19(21-16-11-22-3-1-13(16)2-4-22)15-9-14-17(12-26-18(14)10-20-15)23-5-7-25-8-6-23/h9-10,12-13,16H,1-8,11H2,(H,21,24)/t16-/m0/s1. The summed E-state index contributed by atoms with van der Waals surface area (Å²) < 4.78 is 1.16. The number of piperidine rings is 3. The Balaban J connectivity index is 1.37. The minimum absolute atomic E-state index is 0.0167. The van der Waals surface area contributed by atoms with E-state index in [4.69, 9.17) is 0 Å². The summed E-state index contributed by atoms with van der Waals surface area (Å²) in [5.74, 6) is 2.97. The minimum Gasteiger partial charge on any atom is -0.369 e. The van der Waals surface area contributed by atoms with Gasteiger partial charge in [-0.05, 0) is 37.9 Å². The smallest absolute Gasteiger partial charge is 0.270 e. The van der Waals surface area contributed by atoms with Gasteiger partial charge < -0.3 is 15.1 Å². The molecule has 26 heavy (non-hydrogen) atoms. The molecule has 0 spiro atoms. The Hall–Kier alpha value is -1.31. The normalized spacial score (nSPS) is 28.5. The Kier molecular flexibility index (Phi) is 4.54. The summed E-state index contributed by atoms with van der Waals surface area (Å²) in [6.45, 7) is 5.54. The SMILES string of the molecule is O=C(N[C@H]1CN2CCC1CC2)c1cc2c(N3CCSCC3)csc2cn1. The van der Waals surface area contributed by atoms with Crippen molar-refractivity contribution < 1.29 is 4.79 Å². The number of carbonyl (C=O) groups is 1. The maximum atomic E-state index is 12.8. The van der Waals surface area contributed by atoms with Gasteiger partial charge in [-0.2, -0.15) is 11.8 Å². The molecule has 4 saturated heterocycles. The van der Waals surface area contributed by atoms with Gasteiger partial charge in [-0.3, -0.25) is 4.79 Å². The summed E-state index contributed by atoms with van der Waals surface area (Å²) in [5, 5.41) is 6.66. The topological polar surface area (TPSA) is 48.5 Å².